The highest BCUT2D eigenvalue weighted by atomic mass is 14.2. The number of hydrogen-bond donors (Lipinski definition) is 0. The molecule has 0 nitrogen and oxygen atoms in total. The minimum Gasteiger partial charge on any atom is -0.0616 e. The Labute approximate surface area is 291 Å². The van der Waals surface area contributed by atoms with Crippen molar-refractivity contribution in [2.24, 2.45) is 0 Å². The third-order valence-corrected chi connectivity index (χ3v) is 10.4. The van der Waals surface area contributed by atoms with E-state index in [0.717, 1.165) is 0 Å². The number of fused-ring (bicyclic) bond motifs is 6. The van der Waals surface area contributed by atoms with Crippen molar-refractivity contribution in [3.63, 3.8) is 0 Å². The van der Waals surface area contributed by atoms with Gasteiger partial charge in [0, 0.05) is 0 Å². The second kappa shape index (κ2) is 11.6. The Kier molecular flexibility index (Phi) is 6.60. The van der Waals surface area contributed by atoms with E-state index in [9.17, 15) is 0 Å². The van der Waals surface area contributed by atoms with E-state index in [1.165, 1.54) is 98.4 Å². The molecule has 0 radical (unpaired) electrons. The average Bonchev–Trinajstić information content (AvgIpc) is 3.19. The molecule has 0 bridgehead atoms. The van der Waals surface area contributed by atoms with Crippen LogP contribution < -0.4 is 0 Å². The van der Waals surface area contributed by atoms with Crippen LogP contribution in [0.5, 0.6) is 0 Å². The Morgan fingerprint density at radius 3 is 1.34 bits per heavy atom. The number of hydrogen-bond acceptors (Lipinski definition) is 0. The van der Waals surface area contributed by atoms with Gasteiger partial charge in [-0.15, -0.1) is 0 Å². The highest BCUT2D eigenvalue weighted by Crippen LogP contribution is 2.45. The van der Waals surface area contributed by atoms with Crippen LogP contribution in [0.1, 0.15) is 0 Å². The average molecular weight is 633 g/mol. The van der Waals surface area contributed by atoms with Gasteiger partial charge in [0.05, 0.1) is 0 Å². The van der Waals surface area contributed by atoms with Crippen molar-refractivity contribution in [3.8, 4) is 44.5 Å². The monoisotopic (exact) mass is 632 g/mol. The van der Waals surface area contributed by atoms with Crippen LogP contribution in [-0.2, 0) is 0 Å². The van der Waals surface area contributed by atoms with Crippen molar-refractivity contribution < 1.29 is 0 Å². The predicted molar refractivity (Wildman–Crippen MR) is 216 cm³/mol. The van der Waals surface area contributed by atoms with E-state index in [0.29, 0.717) is 0 Å². The number of rotatable bonds is 4. The van der Waals surface area contributed by atoms with Crippen molar-refractivity contribution in [3.05, 3.63) is 194 Å². The van der Waals surface area contributed by atoms with Gasteiger partial charge in [-0.25, -0.2) is 0 Å². The van der Waals surface area contributed by atoms with Crippen molar-refractivity contribution in [1.29, 1.82) is 0 Å². The van der Waals surface area contributed by atoms with E-state index >= 15 is 0 Å². The minimum atomic E-state index is 1.22. The molecular weight excluding hydrogens is 601 g/mol. The molecular formula is C50H32. The van der Waals surface area contributed by atoms with Gasteiger partial charge in [0.25, 0.3) is 0 Å². The zero-order valence-corrected chi connectivity index (χ0v) is 27.5. The summed E-state index contributed by atoms with van der Waals surface area (Å²) in [6, 6.07) is 71.3. The van der Waals surface area contributed by atoms with Gasteiger partial charge in [-0.05, 0) is 111 Å². The normalized spacial score (nSPS) is 11.6. The summed E-state index contributed by atoms with van der Waals surface area (Å²) in [7, 11) is 0. The first kappa shape index (κ1) is 28.5. The van der Waals surface area contributed by atoms with Crippen molar-refractivity contribution in [1.82, 2.24) is 0 Å². The smallest absolute Gasteiger partial charge is 0.00262 e. The fourth-order valence-corrected chi connectivity index (χ4v) is 8.18. The van der Waals surface area contributed by atoms with Gasteiger partial charge in [-0.2, -0.15) is 0 Å². The molecule has 10 aromatic rings. The molecule has 0 heterocycles. The summed E-state index contributed by atoms with van der Waals surface area (Å²) in [4.78, 5) is 0. The highest BCUT2D eigenvalue weighted by molar-refractivity contribution is 6.22. The Hall–Kier alpha value is -6.50. The summed E-state index contributed by atoms with van der Waals surface area (Å²) < 4.78 is 0. The summed E-state index contributed by atoms with van der Waals surface area (Å²) in [6.07, 6.45) is 0. The maximum atomic E-state index is 2.37. The van der Waals surface area contributed by atoms with Gasteiger partial charge in [-0.3, -0.25) is 0 Å². The van der Waals surface area contributed by atoms with Gasteiger partial charge in [0.15, 0.2) is 0 Å². The zero-order chi connectivity index (χ0) is 33.0. The molecule has 0 spiro atoms. The molecule has 0 aromatic heterocycles. The summed E-state index contributed by atoms with van der Waals surface area (Å²) in [5.41, 5.74) is 9.99. The Morgan fingerprint density at radius 2 is 0.660 bits per heavy atom. The molecule has 232 valence electrons. The lowest BCUT2D eigenvalue weighted by atomic mass is 9.85. The topological polar surface area (TPSA) is 0 Å². The summed E-state index contributed by atoms with van der Waals surface area (Å²) in [6.45, 7) is 0. The van der Waals surface area contributed by atoms with Crippen LogP contribution in [0.3, 0.4) is 0 Å². The van der Waals surface area contributed by atoms with E-state index in [1.54, 1.807) is 0 Å². The largest absolute Gasteiger partial charge is 0.0616 e. The summed E-state index contributed by atoms with van der Waals surface area (Å²) in [5, 5.41) is 12.7. The van der Waals surface area contributed by atoms with Crippen LogP contribution in [0.4, 0.5) is 0 Å². The SMILES string of the molecule is c1cc(-c2cccc3ccccc23)cc(-c2c3ccccc3c(-c3ccc(-c4cc5ccccc5c5ccccc45)cc3)c3ccccc23)c1. The molecule has 0 unspecified atom stereocenters. The van der Waals surface area contributed by atoms with Crippen LogP contribution in [-0.4, -0.2) is 0 Å². The molecule has 10 aromatic carbocycles. The van der Waals surface area contributed by atoms with Crippen LogP contribution in [0.15, 0.2) is 194 Å². The van der Waals surface area contributed by atoms with Gasteiger partial charge in [-0.1, -0.05) is 182 Å². The predicted octanol–water partition coefficient (Wildman–Crippen LogP) is 14.1. The van der Waals surface area contributed by atoms with E-state index < -0.39 is 0 Å². The second-order valence-corrected chi connectivity index (χ2v) is 13.2. The third-order valence-electron chi connectivity index (χ3n) is 10.4. The van der Waals surface area contributed by atoms with Gasteiger partial charge in [0.1, 0.15) is 0 Å². The Balaban J connectivity index is 1.16. The lowest BCUT2D eigenvalue weighted by Crippen LogP contribution is -1.91. The van der Waals surface area contributed by atoms with Crippen LogP contribution in [0.2, 0.25) is 0 Å². The molecule has 0 aliphatic rings. The molecule has 0 aliphatic heterocycles. The molecule has 10 rings (SSSR count). The first-order valence-corrected chi connectivity index (χ1v) is 17.4. The van der Waals surface area contributed by atoms with Crippen molar-refractivity contribution in [2.75, 3.05) is 0 Å². The first-order valence-electron chi connectivity index (χ1n) is 17.4. The van der Waals surface area contributed by atoms with Gasteiger partial charge in [0.2, 0.25) is 0 Å². The minimum absolute atomic E-state index is 1.22. The molecule has 0 saturated carbocycles. The summed E-state index contributed by atoms with van der Waals surface area (Å²) >= 11 is 0. The Bertz CT molecular complexity index is 2850. The van der Waals surface area contributed by atoms with E-state index in [2.05, 4.69) is 194 Å². The summed E-state index contributed by atoms with van der Waals surface area (Å²) in [5.74, 6) is 0. The van der Waals surface area contributed by atoms with E-state index in [1.807, 2.05) is 0 Å². The highest BCUT2D eigenvalue weighted by Gasteiger charge is 2.18. The van der Waals surface area contributed by atoms with Gasteiger partial charge >= 0.3 is 0 Å². The zero-order valence-electron chi connectivity index (χ0n) is 27.5. The van der Waals surface area contributed by atoms with Crippen LogP contribution >= 0.6 is 0 Å². The van der Waals surface area contributed by atoms with Crippen molar-refractivity contribution >= 4 is 53.9 Å². The first-order chi connectivity index (χ1) is 24.8. The maximum Gasteiger partial charge on any atom is -0.00262 e. The Morgan fingerprint density at radius 1 is 0.200 bits per heavy atom. The fourth-order valence-electron chi connectivity index (χ4n) is 8.18. The lowest BCUT2D eigenvalue weighted by Gasteiger charge is -2.19. The standard InChI is InChI=1S/C50H32/c1-3-18-39-33(13-1)15-12-26-40(39)36-16-11-17-38(31-36)50-46-24-9-7-22-44(46)49(45-23-8-10-25-47(45)50)35-29-27-34(28-30-35)48-32-37-14-2-4-19-41(37)42-20-5-6-21-43(42)48/h1-32H. The van der Waals surface area contributed by atoms with Crippen molar-refractivity contribution in [2.45, 2.75) is 0 Å². The lowest BCUT2D eigenvalue weighted by molar-refractivity contribution is 1.62. The van der Waals surface area contributed by atoms with Crippen LogP contribution in [0.25, 0.3) is 98.4 Å². The number of benzene rings is 10. The maximum absolute atomic E-state index is 2.37. The molecule has 0 amide bonds. The second-order valence-electron chi connectivity index (χ2n) is 13.2. The van der Waals surface area contributed by atoms with Gasteiger partial charge < -0.3 is 0 Å². The molecule has 0 fully saturated rings. The quantitative estimate of drug-likeness (QED) is 0.134. The molecule has 50 heavy (non-hydrogen) atoms. The molecule has 0 N–H and O–H groups in total. The van der Waals surface area contributed by atoms with Crippen LogP contribution in [0, 0.1) is 0 Å². The molecule has 0 saturated heterocycles. The molecule has 0 heteroatoms. The third kappa shape index (κ3) is 4.54. The molecule has 0 atom stereocenters. The van der Waals surface area contributed by atoms with E-state index in [-0.39, 0.29) is 0 Å². The molecule has 0 aliphatic carbocycles. The van der Waals surface area contributed by atoms with E-state index in [4.69, 9.17) is 0 Å². The fraction of sp³-hybridized carbons (Fsp3) is 0.